The number of carbonyl (C=O) groups excluding carboxylic acids is 5. The van der Waals surface area contributed by atoms with Gasteiger partial charge < -0.3 is 42.2 Å². The van der Waals surface area contributed by atoms with E-state index in [9.17, 15) is 33.9 Å². The van der Waals surface area contributed by atoms with E-state index in [1.165, 1.54) is 13.1 Å². The summed E-state index contributed by atoms with van der Waals surface area (Å²) in [5.41, 5.74) is 13.0. The van der Waals surface area contributed by atoms with Crippen molar-refractivity contribution < 1.29 is 38.6 Å². The molecule has 0 radical (unpaired) electrons. The summed E-state index contributed by atoms with van der Waals surface area (Å²) in [6, 6.07) is 7.26. The van der Waals surface area contributed by atoms with Crippen molar-refractivity contribution in [2.45, 2.75) is 104 Å². The van der Waals surface area contributed by atoms with Gasteiger partial charge in [0.2, 0.25) is 17.7 Å². The van der Waals surface area contributed by atoms with Crippen LogP contribution in [0.5, 0.6) is 0 Å². The fraction of sp³-hybridized carbons (Fsp3) is 0.548. The number of Topliss-reactive ketones (excluding diaryl/α,β-unsaturated/α-hetero) is 1. The minimum atomic E-state index is -1.25. The predicted octanol–water partition coefficient (Wildman–Crippen LogP) is 3.00. The molecule has 57 heavy (non-hydrogen) atoms. The van der Waals surface area contributed by atoms with Gasteiger partial charge in [-0.15, -0.1) is 0 Å². The van der Waals surface area contributed by atoms with Gasteiger partial charge in [-0.3, -0.25) is 33.8 Å². The molecule has 1 fully saturated rings. The van der Waals surface area contributed by atoms with Gasteiger partial charge in [-0.2, -0.15) is 0 Å². The molecule has 15 nitrogen and oxygen atoms in total. The van der Waals surface area contributed by atoms with Crippen LogP contribution in [0.2, 0.25) is 0 Å². The van der Waals surface area contributed by atoms with E-state index >= 15 is 0 Å². The van der Waals surface area contributed by atoms with Crippen LogP contribution in [0.25, 0.3) is 0 Å². The van der Waals surface area contributed by atoms with Crippen molar-refractivity contribution in [2.24, 2.45) is 40.1 Å². The third-order valence-corrected chi connectivity index (χ3v) is 10.5. The Morgan fingerprint density at radius 3 is 2.30 bits per heavy atom. The Labute approximate surface area is 336 Å². The highest BCUT2D eigenvalue weighted by atomic mass is 16.5. The number of methoxy groups -OCH3 is 1. The number of guanidine groups is 1. The minimum Gasteiger partial charge on any atom is -0.481 e. The van der Waals surface area contributed by atoms with Gasteiger partial charge in [-0.25, -0.2) is 0 Å². The van der Waals surface area contributed by atoms with Crippen LogP contribution in [0.4, 0.5) is 0 Å². The van der Waals surface area contributed by atoms with E-state index in [1.807, 2.05) is 50.3 Å². The molecule has 8 N–H and O–H groups in total. The zero-order valence-electron chi connectivity index (χ0n) is 34.6. The molecule has 0 aliphatic carbocycles. The third-order valence-electron chi connectivity index (χ3n) is 10.5. The number of allylic oxidation sites excluding steroid dienone is 3. The Morgan fingerprint density at radius 2 is 1.70 bits per heavy atom. The number of aliphatic carboxylic acids is 1. The van der Waals surface area contributed by atoms with Crippen LogP contribution >= 0.6 is 0 Å². The number of nitrogens with two attached hydrogens (primary N) is 2. The molecule has 1 saturated heterocycles. The van der Waals surface area contributed by atoms with E-state index in [0.29, 0.717) is 12.8 Å². The topological polar surface area (TPSA) is 236 Å². The van der Waals surface area contributed by atoms with Crippen molar-refractivity contribution in [1.82, 2.24) is 20.9 Å². The first-order valence-electron chi connectivity index (χ1n) is 19.5. The summed E-state index contributed by atoms with van der Waals surface area (Å²) in [6.45, 7) is 10.5. The Balaban J connectivity index is 2.57. The number of nitrogens with zero attached hydrogens (tertiary/aromatic N) is 2. The molecule has 314 valence electrons. The molecule has 8 atom stereocenters. The lowest BCUT2D eigenvalue weighted by molar-refractivity contribution is -0.145. The lowest BCUT2D eigenvalue weighted by Gasteiger charge is -2.28. The molecular formula is C42H63N7O8. The van der Waals surface area contributed by atoms with Crippen LogP contribution in [0.15, 0.2) is 70.9 Å². The number of amides is 4. The van der Waals surface area contributed by atoms with Crippen LogP contribution in [0.1, 0.15) is 79.2 Å². The van der Waals surface area contributed by atoms with Gasteiger partial charge in [-0.1, -0.05) is 81.0 Å². The van der Waals surface area contributed by atoms with E-state index in [1.54, 1.807) is 47.0 Å². The number of ether oxygens (including phenoxy) is 1. The van der Waals surface area contributed by atoms with E-state index in [-0.39, 0.29) is 49.5 Å². The normalized spacial score (nSPS) is 25.8. The van der Waals surface area contributed by atoms with Crippen molar-refractivity contribution in [2.75, 3.05) is 20.7 Å². The molecule has 4 amide bonds. The molecule has 0 unspecified atom stereocenters. The second kappa shape index (κ2) is 23.7. The van der Waals surface area contributed by atoms with Crippen LogP contribution in [0, 0.1) is 23.7 Å². The third kappa shape index (κ3) is 15.6. The smallest absolute Gasteiger partial charge is 0.306 e. The SMILES string of the molecule is C/C=C1\C(=O)N[C@@H](C)[C@H](C)C(=O)N[C@@H](CCCN=C(N)N)C(=O)N[C@@H](/C=C/C(C)=C/[C@H](C)[C@H](Cc2ccccc2)OC)[C@H](C)C(=O)C[C@@H](C(=O)O)CCC(=O)N1C. The molecule has 2 rings (SSSR count). The number of carboxylic acid groups (broad SMARTS) is 1. The first kappa shape index (κ1) is 47.8. The summed E-state index contributed by atoms with van der Waals surface area (Å²) in [5, 5.41) is 18.6. The van der Waals surface area contributed by atoms with E-state index in [2.05, 4.69) is 20.9 Å². The van der Waals surface area contributed by atoms with Crippen molar-refractivity contribution in [3.63, 3.8) is 0 Å². The van der Waals surface area contributed by atoms with Gasteiger partial charge in [0.05, 0.1) is 24.0 Å². The van der Waals surface area contributed by atoms with Crippen LogP contribution in [0.3, 0.4) is 0 Å². The molecule has 0 aromatic heterocycles. The molecule has 1 aromatic rings. The lowest BCUT2D eigenvalue weighted by atomic mass is 9.87. The molecule has 15 heteroatoms. The molecule has 0 spiro atoms. The van der Waals surface area contributed by atoms with E-state index < -0.39 is 77.7 Å². The number of benzene rings is 1. The van der Waals surface area contributed by atoms with Gasteiger partial charge in [0.1, 0.15) is 17.5 Å². The molecule has 0 bridgehead atoms. The molecule has 0 saturated carbocycles. The van der Waals surface area contributed by atoms with Gasteiger partial charge >= 0.3 is 5.97 Å². The van der Waals surface area contributed by atoms with Crippen LogP contribution in [-0.2, 0) is 39.9 Å². The Bertz CT molecular complexity index is 1670. The monoisotopic (exact) mass is 793 g/mol. The predicted molar refractivity (Wildman–Crippen MR) is 219 cm³/mol. The Hall–Kier alpha value is -5.31. The number of ketones is 1. The summed E-state index contributed by atoms with van der Waals surface area (Å²) < 4.78 is 5.82. The number of aliphatic imine (C=N–C) groups is 1. The number of rotatable bonds is 12. The Morgan fingerprint density at radius 1 is 1.04 bits per heavy atom. The van der Waals surface area contributed by atoms with E-state index in [0.717, 1.165) is 16.0 Å². The number of hydrogen-bond acceptors (Lipinski definition) is 8. The first-order valence-corrected chi connectivity index (χ1v) is 19.5. The van der Waals surface area contributed by atoms with Gasteiger partial charge in [-0.05, 0) is 52.0 Å². The molecular weight excluding hydrogens is 731 g/mol. The standard InChI is InChI=1S/C42H63N7O8/c1-9-34-40(54)46-29(6)27(4)38(52)48-33(16-13-21-45-42(43)44)39(53)47-32(28(5)35(50)24-31(41(55)56)18-20-37(51)49(34)7)19-17-25(2)22-26(3)36(57-8)23-30-14-11-10-12-15-30/h9-12,14-15,17,19,22,26-29,31-33,36H,13,16,18,20-21,23-24H2,1-8H3,(H,46,54)(H,47,53)(H,48,52)(H,55,56)(H4,43,44,45)/b19-17+,25-22+,34-9+/t26-,27-,28-,29-,31-,32-,33-,36-/m0/s1. The number of carbonyl (C=O) groups is 6. The van der Waals surface area contributed by atoms with Crippen LogP contribution < -0.4 is 27.4 Å². The summed E-state index contributed by atoms with van der Waals surface area (Å²) in [7, 11) is 3.07. The maximum Gasteiger partial charge on any atom is 0.306 e. The van der Waals surface area contributed by atoms with E-state index in [4.69, 9.17) is 16.2 Å². The van der Waals surface area contributed by atoms with Crippen LogP contribution in [-0.4, -0.2) is 96.3 Å². The molecule has 1 aliphatic heterocycles. The quantitative estimate of drug-likeness (QED) is 0.0595. The molecule has 1 heterocycles. The molecule has 1 aromatic carbocycles. The molecule has 1 aliphatic rings. The average Bonchev–Trinajstić information content (AvgIpc) is 3.16. The van der Waals surface area contributed by atoms with Crippen molar-refractivity contribution in [1.29, 1.82) is 0 Å². The van der Waals surface area contributed by atoms with Crippen molar-refractivity contribution in [3.05, 3.63) is 71.5 Å². The average molecular weight is 794 g/mol. The summed E-state index contributed by atoms with van der Waals surface area (Å²) in [6.07, 6.45) is 7.17. The van der Waals surface area contributed by atoms with Gasteiger partial charge in [0.25, 0.3) is 5.91 Å². The zero-order chi connectivity index (χ0) is 42.8. The first-order chi connectivity index (χ1) is 26.9. The van der Waals surface area contributed by atoms with Crippen molar-refractivity contribution in [3.8, 4) is 0 Å². The number of carboxylic acids is 1. The highest BCUT2D eigenvalue weighted by Crippen LogP contribution is 2.22. The highest BCUT2D eigenvalue weighted by molar-refractivity contribution is 5.98. The highest BCUT2D eigenvalue weighted by Gasteiger charge is 2.33. The van der Waals surface area contributed by atoms with Crippen molar-refractivity contribution >= 4 is 41.3 Å². The lowest BCUT2D eigenvalue weighted by Crippen LogP contribution is -2.54. The second-order valence-corrected chi connectivity index (χ2v) is 14.8. The second-order valence-electron chi connectivity index (χ2n) is 14.8. The minimum absolute atomic E-state index is 0.00763. The maximum absolute atomic E-state index is 14.1. The maximum atomic E-state index is 14.1. The fourth-order valence-electron chi connectivity index (χ4n) is 6.49. The number of hydrogen-bond donors (Lipinski definition) is 6. The largest absolute Gasteiger partial charge is 0.481 e. The fourth-order valence-corrected chi connectivity index (χ4v) is 6.49. The number of likely N-dealkylation sites (N-methyl/N-ethyl adjacent to an activating group) is 1. The Kier molecular flexibility index (Phi) is 19.9. The summed E-state index contributed by atoms with van der Waals surface area (Å²) in [4.78, 5) is 85.5. The number of nitrogens with one attached hydrogen (secondary N) is 3. The van der Waals surface area contributed by atoms with Gasteiger partial charge in [0.15, 0.2) is 5.96 Å². The summed E-state index contributed by atoms with van der Waals surface area (Å²) >= 11 is 0. The zero-order valence-corrected chi connectivity index (χ0v) is 34.6. The summed E-state index contributed by atoms with van der Waals surface area (Å²) in [5.74, 6) is -7.00. The van der Waals surface area contributed by atoms with Gasteiger partial charge in [0, 0.05) is 51.4 Å².